The van der Waals surface area contributed by atoms with Crippen molar-refractivity contribution in [2.75, 3.05) is 0 Å². The van der Waals surface area contributed by atoms with Crippen molar-refractivity contribution >= 4 is 31.9 Å². The maximum atomic E-state index is 5.96. The zero-order valence-corrected chi connectivity index (χ0v) is 13.6. The molecule has 2 aromatic rings. The molecule has 2 rings (SSSR count). The molecular weight excluding hydrogens is 376 g/mol. The first-order valence-electron chi connectivity index (χ1n) is 5.99. The average molecular weight is 390 g/mol. The smallest absolute Gasteiger partial charge is 0.228 e. The zero-order chi connectivity index (χ0) is 13.8. The van der Waals surface area contributed by atoms with Crippen LogP contribution in [-0.4, -0.2) is 21.2 Å². The molecule has 0 aliphatic rings. The van der Waals surface area contributed by atoms with E-state index in [2.05, 4.69) is 53.9 Å². The van der Waals surface area contributed by atoms with Gasteiger partial charge >= 0.3 is 0 Å². The van der Waals surface area contributed by atoms with Crippen molar-refractivity contribution in [3.8, 4) is 11.5 Å². The van der Waals surface area contributed by atoms with Crippen molar-refractivity contribution in [1.82, 2.24) is 15.1 Å². The van der Waals surface area contributed by atoms with Gasteiger partial charge in [-0.2, -0.15) is 4.98 Å². The van der Waals surface area contributed by atoms with Crippen LogP contribution in [0.3, 0.4) is 0 Å². The maximum absolute atomic E-state index is 5.96. The van der Waals surface area contributed by atoms with E-state index in [1.54, 1.807) is 6.20 Å². The molecule has 2 N–H and O–H groups in total. The standard InChI is InChI=1S/C12H14Br2N4O/c1-2-3-8(15)5-10-17-12(18-19-10)11-9(14)4-7(13)6-16-11/h4,6,8H,2-3,5,15H2,1H3. The molecule has 5 nitrogen and oxygen atoms in total. The fourth-order valence-corrected chi connectivity index (χ4v) is 2.88. The second-order valence-corrected chi connectivity index (χ2v) is 6.02. The largest absolute Gasteiger partial charge is 0.339 e. The number of aromatic nitrogens is 3. The zero-order valence-electron chi connectivity index (χ0n) is 10.4. The van der Waals surface area contributed by atoms with Gasteiger partial charge in [-0.1, -0.05) is 18.5 Å². The van der Waals surface area contributed by atoms with Gasteiger partial charge in [0.25, 0.3) is 0 Å². The normalized spacial score (nSPS) is 12.6. The Labute approximate surface area is 128 Å². The molecule has 0 radical (unpaired) electrons. The number of rotatable bonds is 5. The Morgan fingerprint density at radius 3 is 2.89 bits per heavy atom. The summed E-state index contributed by atoms with van der Waals surface area (Å²) in [6.07, 6.45) is 4.27. The van der Waals surface area contributed by atoms with Crippen molar-refractivity contribution in [1.29, 1.82) is 0 Å². The molecular formula is C12H14Br2N4O. The van der Waals surface area contributed by atoms with E-state index >= 15 is 0 Å². The van der Waals surface area contributed by atoms with Crippen molar-refractivity contribution in [2.45, 2.75) is 32.2 Å². The van der Waals surface area contributed by atoms with Gasteiger partial charge in [-0.15, -0.1) is 0 Å². The topological polar surface area (TPSA) is 77.8 Å². The number of nitrogens with zero attached hydrogens (tertiary/aromatic N) is 3. The predicted molar refractivity (Wildman–Crippen MR) is 79.5 cm³/mol. The van der Waals surface area contributed by atoms with Crippen LogP contribution in [0.15, 0.2) is 25.7 Å². The first-order valence-corrected chi connectivity index (χ1v) is 7.58. The summed E-state index contributed by atoms with van der Waals surface area (Å²) in [5.74, 6) is 1.02. The molecule has 102 valence electrons. The van der Waals surface area contributed by atoms with E-state index in [0.29, 0.717) is 23.8 Å². The van der Waals surface area contributed by atoms with E-state index in [1.807, 2.05) is 6.07 Å². The third-order valence-corrected chi connectivity index (χ3v) is 3.62. The summed E-state index contributed by atoms with van der Waals surface area (Å²) in [5, 5.41) is 3.94. The van der Waals surface area contributed by atoms with Gasteiger partial charge in [-0.3, -0.25) is 4.98 Å². The highest BCUT2D eigenvalue weighted by atomic mass is 79.9. The first kappa shape index (κ1) is 14.6. The number of nitrogens with two attached hydrogens (primary N) is 1. The number of hydrogen-bond donors (Lipinski definition) is 1. The molecule has 0 saturated heterocycles. The van der Waals surface area contributed by atoms with Crippen LogP contribution in [0, 0.1) is 0 Å². The molecule has 0 aliphatic heterocycles. The molecule has 0 spiro atoms. The molecule has 19 heavy (non-hydrogen) atoms. The SMILES string of the molecule is CCCC(N)Cc1nc(-c2ncc(Br)cc2Br)no1. The second-order valence-electron chi connectivity index (χ2n) is 4.25. The van der Waals surface area contributed by atoms with E-state index in [1.165, 1.54) is 0 Å². The summed E-state index contributed by atoms with van der Waals surface area (Å²) in [7, 11) is 0. The number of pyridine rings is 1. The van der Waals surface area contributed by atoms with Crippen LogP contribution in [0.4, 0.5) is 0 Å². The monoisotopic (exact) mass is 388 g/mol. The molecule has 7 heteroatoms. The highest BCUT2D eigenvalue weighted by molar-refractivity contribution is 9.11. The molecule has 0 saturated carbocycles. The van der Waals surface area contributed by atoms with Gasteiger partial charge in [0.05, 0.1) is 0 Å². The number of halogens is 2. The summed E-state index contributed by atoms with van der Waals surface area (Å²) in [6.45, 7) is 2.10. The van der Waals surface area contributed by atoms with Crippen molar-refractivity contribution in [3.63, 3.8) is 0 Å². The van der Waals surface area contributed by atoms with Crippen LogP contribution >= 0.6 is 31.9 Å². The maximum Gasteiger partial charge on any atom is 0.228 e. The Bertz CT molecular complexity index is 558. The highest BCUT2D eigenvalue weighted by Crippen LogP contribution is 2.26. The number of hydrogen-bond acceptors (Lipinski definition) is 5. The Morgan fingerprint density at radius 2 is 2.21 bits per heavy atom. The summed E-state index contributed by atoms with van der Waals surface area (Å²) in [4.78, 5) is 8.59. The molecule has 0 aromatic carbocycles. The molecule has 0 fully saturated rings. The van der Waals surface area contributed by atoms with Gasteiger partial charge in [-0.05, 0) is 44.3 Å². The lowest BCUT2D eigenvalue weighted by molar-refractivity contribution is 0.366. The van der Waals surface area contributed by atoms with Crippen LogP contribution in [0.1, 0.15) is 25.7 Å². The third kappa shape index (κ3) is 3.84. The van der Waals surface area contributed by atoms with Crippen molar-refractivity contribution in [2.24, 2.45) is 5.73 Å². The summed E-state index contributed by atoms with van der Waals surface area (Å²) < 4.78 is 6.91. The van der Waals surface area contributed by atoms with Gasteiger partial charge in [0.1, 0.15) is 5.69 Å². The fraction of sp³-hybridized carbons (Fsp3) is 0.417. The average Bonchev–Trinajstić information content (AvgIpc) is 2.77. The van der Waals surface area contributed by atoms with Crippen molar-refractivity contribution in [3.05, 3.63) is 27.1 Å². The van der Waals surface area contributed by atoms with Crippen LogP contribution in [0.2, 0.25) is 0 Å². The van der Waals surface area contributed by atoms with Gasteiger partial charge in [0.2, 0.25) is 11.7 Å². The molecule has 2 aromatic heterocycles. The van der Waals surface area contributed by atoms with Crippen molar-refractivity contribution < 1.29 is 4.52 Å². The minimum Gasteiger partial charge on any atom is -0.339 e. The molecule has 1 unspecified atom stereocenters. The molecule has 2 heterocycles. The summed E-state index contributed by atoms with van der Waals surface area (Å²) in [6, 6.07) is 1.95. The van der Waals surface area contributed by atoms with E-state index in [9.17, 15) is 0 Å². The van der Waals surface area contributed by atoms with Gasteiger partial charge in [0.15, 0.2) is 0 Å². The Hall–Kier alpha value is -0.790. The lowest BCUT2D eigenvalue weighted by Crippen LogP contribution is -2.22. The first-order chi connectivity index (χ1) is 9.10. The fourth-order valence-electron chi connectivity index (χ4n) is 1.71. The second kappa shape index (κ2) is 6.58. The quantitative estimate of drug-likeness (QED) is 0.848. The predicted octanol–water partition coefficient (Wildman–Crippen LogP) is 3.33. The van der Waals surface area contributed by atoms with Gasteiger partial charge < -0.3 is 10.3 Å². The summed E-state index contributed by atoms with van der Waals surface area (Å²) >= 11 is 6.78. The minimum atomic E-state index is 0.0552. The third-order valence-electron chi connectivity index (χ3n) is 2.58. The van der Waals surface area contributed by atoms with E-state index in [4.69, 9.17) is 10.3 Å². The van der Waals surface area contributed by atoms with E-state index in [-0.39, 0.29) is 6.04 Å². The Balaban J connectivity index is 2.16. The Morgan fingerprint density at radius 1 is 1.42 bits per heavy atom. The molecule has 1 atom stereocenters. The lowest BCUT2D eigenvalue weighted by atomic mass is 10.1. The van der Waals surface area contributed by atoms with E-state index in [0.717, 1.165) is 21.8 Å². The van der Waals surface area contributed by atoms with Gasteiger partial charge in [0, 0.05) is 27.6 Å². The van der Waals surface area contributed by atoms with Gasteiger partial charge in [-0.25, -0.2) is 0 Å². The Kier molecular flexibility index (Phi) is 5.06. The summed E-state index contributed by atoms with van der Waals surface area (Å²) in [5.41, 5.74) is 6.61. The minimum absolute atomic E-state index is 0.0552. The van der Waals surface area contributed by atoms with Crippen LogP contribution in [-0.2, 0) is 6.42 Å². The van der Waals surface area contributed by atoms with Crippen LogP contribution in [0.5, 0.6) is 0 Å². The highest BCUT2D eigenvalue weighted by Gasteiger charge is 2.15. The van der Waals surface area contributed by atoms with Crippen LogP contribution in [0.25, 0.3) is 11.5 Å². The lowest BCUT2D eigenvalue weighted by Gasteiger charge is -2.05. The van der Waals surface area contributed by atoms with E-state index < -0.39 is 0 Å². The molecule has 0 amide bonds. The molecule has 0 bridgehead atoms. The van der Waals surface area contributed by atoms with Crippen LogP contribution < -0.4 is 5.73 Å². The molecule has 0 aliphatic carbocycles.